The molecule has 0 saturated carbocycles. The number of rotatable bonds is 4. The van der Waals surface area contributed by atoms with Gasteiger partial charge in [0.1, 0.15) is 0 Å². The van der Waals surface area contributed by atoms with Gasteiger partial charge in [0.05, 0.1) is 0 Å². The smallest absolute Gasteiger partial charge is 0.278 e. The lowest BCUT2D eigenvalue weighted by molar-refractivity contribution is 0.503. The van der Waals surface area contributed by atoms with Gasteiger partial charge in [-0.1, -0.05) is 22.8 Å². The quantitative estimate of drug-likeness (QED) is 0.414. The average molecular weight is 204 g/mol. The predicted molar refractivity (Wildman–Crippen MR) is 49.2 cm³/mol. The molecule has 6 heteroatoms. The average Bonchev–Trinajstić information content (AvgIpc) is 1.80. The number of hydrogen-bond acceptors (Lipinski definition) is 3. The van der Waals surface area contributed by atoms with E-state index in [-0.39, 0.29) is 0 Å². The topological polar surface area (TPSA) is 54.4 Å². The molecular weight excluding hydrogens is 192 g/mol. The maximum atomic E-state index is 10.5. The van der Waals surface area contributed by atoms with Gasteiger partial charge >= 0.3 is 9.15 Å². The second-order valence-electron chi connectivity index (χ2n) is 1.51. The summed E-state index contributed by atoms with van der Waals surface area (Å²) in [5, 5.41) is 0. The van der Waals surface area contributed by atoms with Crippen molar-refractivity contribution in [2.75, 3.05) is 11.5 Å². The van der Waals surface area contributed by atoms with Crippen molar-refractivity contribution in [3.63, 3.8) is 0 Å². The third kappa shape index (κ3) is 3.70. The molecule has 0 aromatic heterocycles. The molecule has 0 saturated heterocycles. The van der Waals surface area contributed by atoms with E-state index in [9.17, 15) is 8.42 Å². The first-order valence-electron chi connectivity index (χ1n) is 2.90. The molecule has 0 heterocycles. The van der Waals surface area contributed by atoms with Gasteiger partial charge in [-0.2, -0.15) is 8.42 Å². The molecule has 0 aliphatic carbocycles. The summed E-state index contributed by atoms with van der Waals surface area (Å²) in [7, 11) is -3.69. The van der Waals surface area contributed by atoms with Gasteiger partial charge in [-0.3, -0.25) is 4.55 Å². The molecule has 0 rings (SSSR count). The highest BCUT2D eigenvalue weighted by molar-refractivity contribution is 9.13. The van der Waals surface area contributed by atoms with Crippen molar-refractivity contribution in [2.24, 2.45) is 0 Å². The van der Waals surface area contributed by atoms with Crippen LogP contribution >= 0.6 is 19.8 Å². The molecule has 1 unspecified atom stereocenters. The van der Waals surface area contributed by atoms with Gasteiger partial charge in [-0.15, -0.1) is 10.8 Å². The summed E-state index contributed by atoms with van der Waals surface area (Å²) in [5.41, 5.74) is 0. The highest BCUT2D eigenvalue weighted by Gasteiger charge is 2.14. The van der Waals surface area contributed by atoms with Crippen molar-refractivity contribution in [2.45, 2.75) is 13.8 Å². The first-order valence-corrected chi connectivity index (χ1v) is 8.06. The Kier molecular flexibility index (Phi) is 4.75. The molecule has 0 aromatic rings. The number of thiol groups is 1. The Morgan fingerprint density at radius 3 is 2.10 bits per heavy atom. The fourth-order valence-corrected chi connectivity index (χ4v) is 6.33. The summed E-state index contributed by atoms with van der Waals surface area (Å²) >= 11 is 0. The fraction of sp³-hybridized carbons (Fsp3) is 1.00. The molecule has 0 radical (unpaired) electrons. The second-order valence-corrected chi connectivity index (χ2v) is 10.0. The zero-order valence-electron chi connectivity index (χ0n) is 5.94. The van der Waals surface area contributed by atoms with Gasteiger partial charge in [0, 0.05) is 5.75 Å². The van der Waals surface area contributed by atoms with Crippen LogP contribution in [0, 0.1) is 0 Å². The van der Waals surface area contributed by atoms with E-state index in [2.05, 4.69) is 0 Å². The summed E-state index contributed by atoms with van der Waals surface area (Å²) in [6, 6.07) is 0. The Morgan fingerprint density at radius 1 is 1.50 bits per heavy atom. The van der Waals surface area contributed by atoms with E-state index in [1.54, 1.807) is 6.92 Å². The lowest BCUT2D eigenvalue weighted by atomic mass is 11.0. The molecule has 1 atom stereocenters. The van der Waals surface area contributed by atoms with Crippen LogP contribution in [-0.4, -0.2) is 24.5 Å². The van der Waals surface area contributed by atoms with Gasteiger partial charge in [-0.25, -0.2) is 0 Å². The van der Waals surface area contributed by atoms with Crippen LogP contribution in [0.5, 0.6) is 0 Å². The first kappa shape index (κ1) is 10.6. The molecule has 0 amide bonds. The molecule has 0 bridgehead atoms. The van der Waals surface area contributed by atoms with Crippen LogP contribution < -0.4 is 0 Å². The largest absolute Gasteiger partial charge is 0.308 e. The minimum Gasteiger partial charge on any atom is -0.278 e. The standard InChI is InChI=1S/C4H12O3S3/c1-3-8-9(4-2)10(5,6)7/h9H,3-4H2,1-2H3,(H,5,6,7). The predicted octanol–water partition coefficient (Wildman–Crippen LogP) is 1.48. The van der Waals surface area contributed by atoms with Gasteiger partial charge < -0.3 is 0 Å². The van der Waals surface area contributed by atoms with Crippen LogP contribution in [0.2, 0.25) is 0 Å². The van der Waals surface area contributed by atoms with Crippen molar-refractivity contribution >= 4 is 28.9 Å². The van der Waals surface area contributed by atoms with Crippen LogP contribution in [0.4, 0.5) is 0 Å². The summed E-state index contributed by atoms with van der Waals surface area (Å²) in [4.78, 5) is 0. The van der Waals surface area contributed by atoms with E-state index < -0.39 is 18.1 Å². The Labute approximate surface area is 67.5 Å². The lowest BCUT2D eigenvalue weighted by Gasteiger charge is -2.12. The zero-order chi connectivity index (χ0) is 8.20. The lowest BCUT2D eigenvalue weighted by Crippen LogP contribution is -1.97. The number of hydrogen-bond donors (Lipinski definition) is 2. The fourth-order valence-electron chi connectivity index (χ4n) is 0.465. The third-order valence-electron chi connectivity index (χ3n) is 0.789. The summed E-state index contributed by atoms with van der Waals surface area (Å²) in [6.45, 7) is 3.64. The van der Waals surface area contributed by atoms with E-state index in [0.717, 1.165) is 5.75 Å². The molecule has 3 nitrogen and oxygen atoms in total. The monoisotopic (exact) mass is 204 g/mol. The molecule has 64 valence electrons. The molecule has 0 spiro atoms. The Morgan fingerprint density at radius 2 is 2.00 bits per heavy atom. The zero-order valence-corrected chi connectivity index (χ0v) is 8.47. The Bertz CT molecular complexity index is 174. The van der Waals surface area contributed by atoms with Gasteiger partial charge in [0.25, 0.3) is 0 Å². The third-order valence-corrected chi connectivity index (χ3v) is 9.74. The van der Waals surface area contributed by atoms with E-state index >= 15 is 0 Å². The molecule has 1 N–H and O–H groups in total. The van der Waals surface area contributed by atoms with Crippen molar-refractivity contribution in [1.82, 2.24) is 0 Å². The summed E-state index contributed by atoms with van der Waals surface area (Å²) < 4.78 is 29.6. The van der Waals surface area contributed by atoms with E-state index in [1.807, 2.05) is 6.92 Å². The Balaban J connectivity index is 4.08. The first-order chi connectivity index (χ1) is 4.52. The molecule has 0 fully saturated rings. The van der Waals surface area contributed by atoms with E-state index in [0.29, 0.717) is 5.75 Å². The minimum absolute atomic E-state index is 0.521. The van der Waals surface area contributed by atoms with Crippen molar-refractivity contribution < 1.29 is 13.0 Å². The van der Waals surface area contributed by atoms with Crippen LogP contribution in [0.1, 0.15) is 13.8 Å². The van der Waals surface area contributed by atoms with Gasteiger partial charge in [0.15, 0.2) is 0 Å². The van der Waals surface area contributed by atoms with Crippen LogP contribution in [0.25, 0.3) is 0 Å². The SMILES string of the molecule is CCS[SH](CC)S(=O)(=O)O. The van der Waals surface area contributed by atoms with Crippen molar-refractivity contribution in [1.29, 1.82) is 0 Å². The summed E-state index contributed by atoms with van der Waals surface area (Å²) in [5.74, 6) is 1.26. The second kappa shape index (κ2) is 4.48. The maximum Gasteiger partial charge on any atom is 0.308 e. The van der Waals surface area contributed by atoms with E-state index in [1.165, 1.54) is 10.8 Å². The molecule has 0 aromatic carbocycles. The molecule has 10 heavy (non-hydrogen) atoms. The Hall–Kier alpha value is 0.610. The molecule has 0 aliphatic heterocycles. The molecule has 0 aliphatic rings. The van der Waals surface area contributed by atoms with E-state index in [4.69, 9.17) is 4.55 Å². The minimum atomic E-state index is -3.75. The van der Waals surface area contributed by atoms with Crippen molar-refractivity contribution in [3.8, 4) is 0 Å². The van der Waals surface area contributed by atoms with Crippen LogP contribution in [0.3, 0.4) is 0 Å². The summed E-state index contributed by atoms with van der Waals surface area (Å²) in [6.07, 6.45) is 0. The van der Waals surface area contributed by atoms with Crippen molar-refractivity contribution in [3.05, 3.63) is 0 Å². The highest BCUT2D eigenvalue weighted by Crippen LogP contribution is 2.44. The highest BCUT2D eigenvalue weighted by atomic mass is 33.5. The van der Waals surface area contributed by atoms with Crippen LogP contribution in [-0.2, 0) is 9.15 Å². The van der Waals surface area contributed by atoms with Gasteiger partial charge in [-0.05, 0) is 5.75 Å². The maximum absolute atomic E-state index is 10.5. The molecular formula is C4H12O3S3. The normalized spacial score (nSPS) is 16.9. The van der Waals surface area contributed by atoms with Gasteiger partial charge in [0.2, 0.25) is 0 Å². The van der Waals surface area contributed by atoms with Crippen LogP contribution in [0.15, 0.2) is 0 Å².